The molecule has 0 bridgehead atoms. The summed E-state index contributed by atoms with van der Waals surface area (Å²) < 4.78 is 0. The first kappa shape index (κ1) is 12.5. The molecule has 2 rings (SSSR count). The van der Waals surface area contributed by atoms with Crippen molar-refractivity contribution in [1.29, 1.82) is 0 Å². The molecule has 1 atom stereocenters. The van der Waals surface area contributed by atoms with Crippen molar-refractivity contribution in [3.63, 3.8) is 0 Å². The molecule has 4 N–H and O–H groups in total. The highest BCUT2D eigenvalue weighted by molar-refractivity contribution is 5.54. The first-order valence-corrected chi connectivity index (χ1v) is 5.38. The Balaban J connectivity index is 2.11. The summed E-state index contributed by atoms with van der Waals surface area (Å²) in [6, 6.07) is 6.57. The molecular weight excluding hydrogens is 234 g/mol. The first-order valence-electron chi connectivity index (χ1n) is 5.38. The van der Waals surface area contributed by atoms with E-state index in [2.05, 4.69) is 20.4 Å². The van der Waals surface area contributed by atoms with E-state index in [0.29, 0.717) is 12.2 Å². The highest BCUT2D eigenvalue weighted by Crippen LogP contribution is 2.14. The monoisotopic (exact) mass is 247 g/mol. The Kier molecular flexibility index (Phi) is 3.88. The van der Waals surface area contributed by atoms with Gasteiger partial charge in [0.1, 0.15) is 0 Å². The van der Waals surface area contributed by atoms with E-state index in [1.54, 1.807) is 0 Å². The van der Waals surface area contributed by atoms with Gasteiger partial charge >= 0.3 is 0 Å². The maximum atomic E-state index is 8.91. The molecule has 1 aromatic heterocycles. The molecule has 0 aliphatic heterocycles. The smallest absolute Gasteiger partial charge is 0.203 e. The Hall–Kier alpha value is -1.96. The van der Waals surface area contributed by atoms with Crippen LogP contribution in [0.4, 0.5) is 0 Å². The molecule has 0 saturated heterocycles. The van der Waals surface area contributed by atoms with Gasteiger partial charge in [0.05, 0.1) is 6.04 Å². The molecule has 2 aromatic rings. The molecule has 1 heterocycles. The van der Waals surface area contributed by atoms with E-state index in [4.69, 9.17) is 15.9 Å². The van der Waals surface area contributed by atoms with Gasteiger partial charge in [0, 0.05) is 5.56 Å². The van der Waals surface area contributed by atoms with Gasteiger partial charge in [0.2, 0.25) is 5.82 Å². The number of benzene rings is 1. The molecule has 94 valence electrons. The van der Waals surface area contributed by atoms with Gasteiger partial charge in [-0.05, 0) is 12.0 Å². The Morgan fingerprint density at radius 3 is 2.22 bits per heavy atom. The fourth-order valence-corrected chi connectivity index (χ4v) is 1.49. The summed E-state index contributed by atoms with van der Waals surface area (Å²) in [4.78, 5) is 0. The van der Waals surface area contributed by atoms with E-state index in [1.807, 2.05) is 24.3 Å². The molecular formula is C11H13N5O2. The molecule has 1 unspecified atom stereocenters. The van der Waals surface area contributed by atoms with Gasteiger partial charge in [-0.1, -0.05) is 24.3 Å². The summed E-state index contributed by atoms with van der Waals surface area (Å²) >= 11 is 0. The molecule has 0 aliphatic carbocycles. The lowest BCUT2D eigenvalue weighted by Gasteiger charge is -2.13. The van der Waals surface area contributed by atoms with Gasteiger partial charge in [0.15, 0.2) is 12.6 Å². The minimum Gasteiger partial charge on any atom is -0.367 e. The lowest BCUT2D eigenvalue weighted by molar-refractivity contribution is -0.0577. The van der Waals surface area contributed by atoms with Crippen LogP contribution < -0.4 is 5.73 Å². The van der Waals surface area contributed by atoms with Crippen LogP contribution >= 0.6 is 0 Å². The fourth-order valence-electron chi connectivity index (χ4n) is 1.49. The molecule has 0 spiro atoms. The molecule has 0 radical (unpaired) electrons. The number of aromatic nitrogens is 4. The van der Waals surface area contributed by atoms with Crippen molar-refractivity contribution >= 4 is 0 Å². The molecule has 0 amide bonds. The second kappa shape index (κ2) is 5.58. The third-order valence-corrected chi connectivity index (χ3v) is 2.47. The Bertz CT molecular complexity index is 489. The Morgan fingerprint density at radius 2 is 1.67 bits per heavy atom. The predicted molar refractivity (Wildman–Crippen MR) is 63.0 cm³/mol. The van der Waals surface area contributed by atoms with Crippen LogP contribution in [-0.2, 0) is 6.42 Å². The van der Waals surface area contributed by atoms with E-state index in [1.165, 1.54) is 6.33 Å². The largest absolute Gasteiger partial charge is 0.367 e. The molecule has 7 nitrogen and oxygen atoms in total. The summed E-state index contributed by atoms with van der Waals surface area (Å²) in [5.41, 5.74) is 7.24. The number of nitrogens with two attached hydrogens (primary N) is 1. The summed E-state index contributed by atoms with van der Waals surface area (Å²) in [5, 5.41) is 32.8. The van der Waals surface area contributed by atoms with Crippen molar-refractivity contribution in [3.8, 4) is 11.4 Å². The zero-order valence-electron chi connectivity index (χ0n) is 9.51. The van der Waals surface area contributed by atoms with Crippen LogP contribution in [0.2, 0.25) is 0 Å². The van der Waals surface area contributed by atoms with Crippen LogP contribution in [0.25, 0.3) is 11.4 Å². The summed E-state index contributed by atoms with van der Waals surface area (Å²) in [5.74, 6) is 0.440. The minimum absolute atomic E-state index is 0.379. The molecule has 1 aromatic carbocycles. The quantitative estimate of drug-likeness (QED) is 0.600. The van der Waals surface area contributed by atoms with Crippen LogP contribution in [-0.4, -0.2) is 42.9 Å². The molecule has 18 heavy (non-hydrogen) atoms. The third-order valence-electron chi connectivity index (χ3n) is 2.47. The van der Waals surface area contributed by atoms with Crippen molar-refractivity contribution in [2.45, 2.75) is 18.8 Å². The molecule has 7 heteroatoms. The second-order valence-electron chi connectivity index (χ2n) is 3.85. The van der Waals surface area contributed by atoms with Crippen LogP contribution in [0, 0.1) is 0 Å². The fraction of sp³-hybridized carbons (Fsp3) is 0.273. The second-order valence-corrected chi connectivity index (χ2v) is 3.85. The average molecular weight is 247 g/mol. The van der Waals surface area contributed by atoms with Crippen molar-refractivity contribution in [2.24, 2.45) is 5.73 Å². The summed E-state index contributed by atoms with van der Waals surface area (Å²) in [7, 11) is 0. The van der Waals surface area contributed by atoms with Gasteiger partial charge in [-0.25, -0.2) is 0 Å². The maximum Gasteiger partial charge on any atom is 0.203 e. The number of hydrogen-bond donors (Lipinski definition) is 3. The van der Waals surface area contributed by atoms with Crippen molar-refractivity contribution in [3.05, 3.63) is 36.2 Å². The maximum absolute atomic E-state index is 8.91. The molecule has 0 fully saturated rings. The Labute approximate surface area is 103 Å². The van der Waals surface area contributed by atoms with Crippen molar-refractivity contribution < 1.29 is 10.2 Å². The number of rotatable bonds is 4. The van der Waals surface area contributed by atoms with Crippen molar-refractivity contribution in [2.75, 3.05) is 0 Å². The highest BCUT2D eigenvalue weighted by atomic mass is 16.5. The Morgan fingerprint density at radius 1 is 1.06 bits per heavy atom. The average Bonchev–Trinajstić information content (AvgIpc) is 2.40. The van der Waals surface area contributed by atoms with Crippen LogP contribution in [0.5, 0.6) is 0 Å². The SMILES string of the molecule is NC(Cc1ccc(-c2nncnn2)cc1)C(O)O. The standard InChI is InChI=1S/C11H13N5O2/c12-9(11(17)18)5-7-1-3-8(4-2-7)10-15-13-6-14-16-10/h1-4,6,9,11,17-18H,5,12H2. The normalized spacial score (nSPS) is 12.7. The van der Waals surface area contributed by atoms with E-state index in [0.717, 1.165) is 11.1 Å². The van der Waals surface area contributed by atoms with Gasteiger partial charge in [-0.15, -0.1) is 20.4 Å². The number of aliphatic hydroxyl groups is 2. The van der Waals surface area contributed by atoms with Crippen molar-refractivity contribution in [1.82, 2.24) is 20.4 Å². The van der Waals surface area contributed by atoms with E-state index < -0.39 is 12.3 Å². The van der Waals surface area contributed by atoms with Crippen LogP contribution in [0.3, 0.4) is 0 Å². The third kappa shape index (κ3) is 3.04. The predicted octanol–water partition coefficient (Wildman–Crippen LogP) is -0.886. The number of aliphatic hydroxyl groups excluding tert-OH is 1. The van der Waals surface area contributed by atoms with Gasteiger partial charge in [-0.3, -0.25) is 0 Å². The topological polar surface area (TPSA) is 118 Å². The molecule has 0 saturated carbocycles. The highest BCUT2D eigenvalue weighted by Gasteiger charge is 2.11. The lowest BCUT2D eigenvalue weighted by Crippen LogP contribution is -2.36. The van der Waals surface area contributed by atoms with E-state index in [-0.39, 0.29) is 0 Å². The van der Waals surface area contributed by atoms with E-state index in [9.17, 15) is 0 Å². The van der Waals surface area contributed by atoms with Crippen LogP contribution in [0.1, 0.15) is 5.56 Å². The lowest BCUT2D eigenvalue weighted by atomic mass is 10.0. The zero-order valence-corrected chi connectivity index (χ0v) is 9.51. The number of hydrogen-bond acceptors (Lipinski definition) is 7. The first-order chi connectivity index (χ1) is 8.66. The van der Waals surface area contributed by atoms with E-state index >= 15 is 0 Å². The molecule has 0 aliphatic rings. The summed E-state index contributed by atoms with van der Waals surface area (Å²) in [6.45, 7) is 0. The van der Waals surface area contributed by atoms with Gasteiger partial charge in [-0.2, -0.15) is 0 Å². The minimum atomic E-state index is -1.52. The van der Waals surface area contributed by atoms with Crippen LogP contribution in [0.15, 0.2) is 30.6 Å². The van der Waals surface area contributed by atoms with Gasteiger partial charge in [0.25, 0.3) is 0 Å². The number of nitrogens with zero attached hydrogens (tertiary/aromatic N) is 4. The zero-order chi connectivity index (χ0) is 13.0. The van der Waals surface area contributed by atoms with Gasteiger partial charge < -0.3 is 15.9 Å². The summed E-state index contributed by atoms with van der Waals surface area (Å²) in [6.07, 6.45) is 0.124.